The van der Waals surface area contributed by atoms with E-state index >= 15 is 0 Å². The molecule has 0 amide bonds. The zero-order valence-corrected chi connectivity index (χ0v) is 7.40. The lowest BCUT2D eigenvalue weighted by atomic mass is 10.1. The second-order valence-corrected chi connectivity index (χ2v) is 2.68. The molecule has 4 N–H and O–H groups in total. The predicted octanol–water partition coefficient (Wildman–Crippen LogP) is 0.393. The van der Waals surface area contributed by atoms with Gasteiger partial charge in [-0.15, -0.1) is 0 Å². The molecule has 0 bridgehead atoms. The van der Waals surface area contributed by atoms with E-state index in [0.717, 1.165) is 0 Å². The van der Waals surface area contributed by atoms with E-state index in [2.05, 4.69) is 0 Å². The molecule has 0 fully saturated rings. The maximum atomic E-state index is 9.39. The number of aliphatic hydroxyl groups excluding tert-OH is 1. The molecule has 0 radical (unpaired) electrons. The second kappa shape index (κ2) is 4.11. The molecule has 0 heterocycles. The number of aromatic hydroxyl groups is 1. The molecule has 0 saturated carbocycles. The van der Waals surface area contributed by atoms with Crippen molar-refractivity contribution >= 4 is 0 Å². The van der Waals surface area contributed by atoms with E-state index in [1.54, 1.807) is 12.1 Å². The molecule has 0 aliphatic carbocycles. The van der Waals surface area contributed by atoms with E-state index in [0.29, 0.717) is 11.3 Å². The monoisotopic (exact) mass is 183 g/mol. The number of hydrogen-bond acceptors (Lipinski definition) is 4. The lowest BCUT2D eigenvalue weighted by molar-refractivity contribution is 0.182. The van der Waals surface area contributed by atoms with Crippen LogP contribution >= 0.6 is 0 Å². The van der Waals surface area contributed by atoms with Gasteiger partial charge in [0.2, 0.25) is 0 Å². The van der Waals surface area contributed by atoms with E-state index in [4.69, 9.17) is 10.5 Å². The number of hydrogen-bond donors (Lipinski definition) is 3. The summed E-state index contributed by atoms with van der Waals surface area (Å²) >= 11 is 0. The van der Waals surface area contributed by atoms with Crippen molar-refractivity contribution in [2.75, 3.05) is 13.7 Å². The minimum absolute atomic E-state index is 0.0266. The minimum Gasteiger partial charge on any atom is -0.508 e. The van der Waals surface area contributed by atoms with Crippen LogP contribution in [-0.4, -0.2) is 23.9 Å². The summed E-state index contributed by atoms with van der Waals surface area (Å²) in [7, 11) is 1.52. The molecular formula is C9H13NO3. The molecule has 1 unspecified atom stereocenters. The van der Waals surface area contributed by atoms with Crippen molar-refractivity contribution < 1.29 is 14.9 Å². The summed E-state index contributed by atoms with van der Waals surface area (Å²) in [6, 6.07) is 4.64. The third kappa shape index (κ3) is 2.11. The molecule has 1 aromatic rings. The summed E-state index contributed by atoms with van der Waals surface area (Å²) < 4.78 is 4.94. The highest BCUT2D eigenvalue weighted by Crippen LogP contribution is 2.27. The van der Waals surface area contributed by atoms with Gasteiger partial charge in [-0.05, 0) is 18.2 Å². The highest BCUT2D eigenvalue weighted by molar-refractivity contribution is 5.40. The largest absolute Gasteiger partial charge is 0.508 e. The third-order valence-electron chi connectivity index (χ3n) is 1.82. The Morgan fingerprint density at radius 2 is 2.23 bits per heavy atom. The zero-order valence-electron chi connectivity index (χ0n) is 7.40. The number of aliphatic hydroxyl groups is 1. The SMILES string of the molecule is COc1ccc(O)c(C(O)CN)c1. The van der Waals surface area contributed by atoms with Crippen molar-refractivity contribution in [1.82, 2.24) is 0 Å². The van der Waals surface area contributed by atoms with Crippen LogP contribution < -0.4 is 10.5 Å². The Bertz CT molecular complexity index is 288. The molecule has 4 heteroatoms. The Kier molecular flexibility index (Phi) is 3.11. The first-order valence-electron chi connectivity index (χ1n) is 3.94. The van der Waals surface area contributed by atoms with Crippen LogP contribution in [0.4, 0.5) is 0 Å². The summed E-state index contributed by atoms with van der Waals surface area (Å²) in [6.45, 7) is 0.0702. The van der Waals surface area contributed by atoms with Crippen molar-refractivity contribution in [1.29, 1.82) is 0 Å². The van der Waals surface area contributed by atoms with Gasteiger partial charge in [0.15, 0.2) is 0 Å². The van der Waals surface area contributed by atoms with E-state index in [9.17, 15) is 10.2 Å². The zero-order chi connectivity index (χ0) is 9.84. The molecule has 1 rings (SSSR count). The molecule has 0 spiro atoms. The normalized spacial score (nSPS) is 12.5. The standard InChI is InChI=1S/C9H13NO3/c1-13-6-2-3-8(11)7(4-6)9(12)5-10/h2-4,9,11-12H,5,10H2,1H3. The molecule has 4 nitrogen and oxygen atoms in total. The smallest absolute Gasteiger partial charge is 0.121 e. The van der Waals surface area contributed by atoms with Gasteiger partial charge < -0.3 is 20.7 Å². The number of phenolic OH excluding ortho intramolecular Hbond substituents is 1. The molecule has 0 aromatic heterocycles. The first kappa shape index (κ1) is 9.83. The van der Waals surface area contributed by atoms with Gasteiger partial charge in [0.05, 0.1) is 13.2 Å². The third-order valence-corrected chi connectivity index (χ3v) is 1.82. The summed E-state index contributed by atoms with van der Waals surface area (Å²) in [5.41, 5.74) is 5.65. The Hall–Kier alpha value is -1.26. The molecule has 0 saturated heterocycles. The van der Waals surface area contributed by atoms with Gasteiger partial charge in [0.1, 0.15) is 11.5 Å². The van der Waals surface area contributed by atoms with Crippen LogP contribution in [0, 0.1) is 0 Å². The van der Waals surface area contributed by atoms with E-state index in [-0.39, 0.29) is 12.3 Å². The van der Waals surface area contributed by atoms with Crippen LogP contribution in [0.15, 0.2) is 18.2 Å². The quantitative estimate of drug-likeness (QED) is 0.633. The Morgan fingerprint density at radius 3 is 2.77 bits per heavy atom. The van der Waals surface area contributed by atoms with E-state index in [1.807, 2.05) is 0 Å². The van der Waals surface area contributed by atoms with Crippen molar-refractivity contribution in [3.8, 4) is 11.5 Å². The fraction of sp³-hybridized carbons (Fsp3) is 0.333. The van der Waals surface area contributed by atoms with Crippen molar-refractivity contribution in [2.24, 2.45) is 5.73 Å². The molecule has 13 heavy (non-hydrogen) atoms. The van der Waals surface area contributed by atoms with Gasteiger partial charge in [-0.1, -0.05) is 0 Å². The Morgan fingerprint density at radius 1 is 1.54 bits per heavy atom. The first-order chi connectivity index (χ1) is 6.19. The van der Waals surface area contributed by atoms with Crippen LogP contribution in [0.25, 0.3) is 0 Å². The van der Waals surface area contributed by atoms with Crippen molar-refractivity contribution in [2.45, 2.75) is 6.10 Å². The number of nitrogens with two attached hydrogens (primary N) is 1. The molecule has 0 aliphatic heterocycles. The maximum Gasteiger partial charge on any atom is 0.121 e. The second-order valence-electron chi connectivity index (χ2n) is 2.68. The topological polar surface area (TPSA) is 75.7 Å². The fourth-order valence-corrected chi connectivity index (χ4v) is 1.05. The Labute approximate surface area is 76.6 Å². The lowest BCUT2D eigenvalue weighted by Gasteiger charge is -2.11. The lowest BCUT2D eigenvalue weighted by Crippen LogP contribution is -2.11. The van der Waals surface area contributed by atoms with Gasteiger partial charge in [-0.3, -0.25) is 0 Å². The number of methoxy groups -OCH3 is 1. The van der Waals surface area contributed by atoms with Gasteiger partial charge in [-0.2, -0.15) is 0 Å². The molecule has 1 aromatic carbocycles. The summed E-state index contributed by atoms with van der Waals surface area (Å²) in [5.74, 6) is 0.610. The van der Waals surface area contributed by atoms with E-state index < -0.39 is 6.10 Å². The highest BCUT2D eigenvalue weighted by atomic mass is 16.5. The first-order valence-corrected chi connectivity index (χ1v) is 3.94. The maximum absolute atomic E-state index is 9.39. The number of rotatable bonds is 3. The van der Waals surface area contributed by atoms with Gasteiger partial charge in [0.25, 0.3) is 0 Å². The predicted molar refractivity (Wildman–Crippen MR) is 48.7 cm³/mol. The number of ether oxygens (including phenoxy) is 1. The summed E-state index contributed by atoms with van der Waals surface area (Å²) in [5, 5.41) is 18.8. The summed E-state index contributed by atoms with van der Waals surface area (Å²) in [6.07, 6.45) is -0.852. The average molecular weight is 183 g/mol. The fourth-order valence-electron chi connectivity index (χ4n) is 1.05. The minimum atomic E-state index is -0.852. The molecule has 0 aliphatic rings. The molecule has 1 atom stereocenters. The van der Waals surface area contributed by atoms with Crippen molar-refractivity contribution in [3.63, 3.8) is 0 Å². The molecular weight excluding hydrogens is 170 g/mol. The number of phenols is 1. The van der Waals surface area contributed by atoms with Gasteiger partial charge in [-0.25, -0.2) is 0 Å². The van der Waals surface area contributed by atoms with Crippen LogP contribution in [-0.2, 0) is 0 Å². The van der Waals surface area contributed by atoms with Crippen LogP contribution in [0.3, 0.4) is 0 Å². The van der Waals surface area contributed by atoms with Gasteiger partial charge in [0, 0.05) is 12.1 Å². The van der Waals surface area contributed by atoms with Crippen molar-refractivity contribution in [3.05, 3.63) is 23.8 Å². The number of benzene rings is 1. The summed E-state index contributed by atoms with van der Waals surface area (Å²) in [4.78, 5) is 0. The van der Waals surface area contributed by atoms with Gasteiger partial charge >= 0.3 is 0 Å². The highest BCUT2D eigenvalue weighted by Gasteiger charge is 2.11. The Balaban J connectivity index is 3.03. The van der Waals surface area contributed by atoms with Crippen LogP contribution in [0.2, 0.25) is 0 Å². The van der Waals surface area contributed by atoms with Crippen LogP contribution in [0.1, 0.15) is 11.7 Å². The average Bonchev–Trinajstić information content (AvgIpc) is 2.17. The molecule has 72 valence electrons. The van der Waals surface area contributed by atoms with E-state index in [1.165, 1.54) is 13.2 Å². The van der Waals surface area contributed by atoms with Crippen LogP contribution in [0.5, 0.6) is 11.5 Å².